The fourth-order valence-electron chi connectivity index (χ4n) is 2.46. The van der Waals surface area contributed by atoms with Crippen LogP contribution in [0.4, 0.5) is 0 Å². The first-order chi connectivity index (χ1) is 9.94. The van der Waals surface area contributed by atoms with Crippen molar-refractivity contribution in [1.82, 2.24) is 4.72 Å². The van der Waals surface area contributed by atoms with Crippen LogP contribution in [-0.4, -0.2) is 32.6 Å². The fraction of sp³-hybridized carbons (Fsp3) is 0.500. The van der Waals surface area contributed by atoms with Crippen molar-refractivity contribution < 1.29 is 23.1 Å². The molecule has 0 bridgehead atoms. The minimum Gasteiger partial charge on any atom is -0.507 e. The van der Waals surface area contributed by atoms with Gasteiger partial charge in [-0.15, -0.1) is 0 Å². The normalized spacial score (nSPS) is 16.6. The van der Waals surface area contributed by atoms with Crippen LogP contribution < -0.4 is 4.72 Å². The van der Waals surface area contributed by atoms with E-state index >= 15 is 0 Å². The Bertz CT molecular complexity index is 620. The van der Waals surface area contributed by atoms with Gasteiger partial charge in [0.05, 0.1) is 12.0 Å². The number of rotatable bonds is 4. The SMILES string of the molecule is COC(=O)c1cc(S(=O)(=O)NC2CCCCC2)ccc1O. The molecule has 0 spiro atoms. The topological polar surface area (TPSA) is 92.7 Å². The molecule has 1 aromatic carbocycles. The number of carbonyl (C=O) groups excluding carboxylic acids is 1. The lowest BCUT2D eigenvalue weighted by molar-refractivity contribution is 0.0597. The highest BCUT2D eigenvalue weighted by Gasteiger charge is 2.23. The third-order valence-electron chi connectivity index (χ3n) is 3.61. The Labute approximate surface area is 124 Å². The molecule has 0 unspecified atom stereocenters. The Morgan fingerprint density at radius 1 is 1.29 bits per heavy atom. The number of esters is 1. The average Bonchev–Trinajstić information content (AvgIpc) is 2.47. The summed E-state index contributed by atoms with van der Waals surface area (Å²) < 4.78 is 31.8. The summed E-state index contributed by atoms with van der Waals surface area (Å²) in [4.78, 5) is 11.5. The highest BCUT2D eigenvalue weighted by atomic mass is 32.2. The molecular weight excluding hydrogens is 294 g/mol. The quantitative estimate of drug-likeness (QED) is 0.827. The van der Waals surface area contributed by atoms with Crippen molar-refractivity contribution in [3.8, 4) is 5.75 Å². The molecular formula is C14H19NO5S. The van der Waals surface area contributed by atoms with Crippen molar-refractivity contribution in [3.05, 3.63) is 23.8 Å². The molecule has 1 aliphatic rings. The van der Waals surface area contributed by atoms with Gasteiger partial charge in [0.25, 0.3) is 0 Å². The lowest BCUT2D eigenvalue weighted by atomic mass is 9.96. The second kappa shape index (κ2) is 6.44. The van der Waals surface area contributed by atoms with Crippen molar-refractivity contribution >= 4 is 16.0 Å². The van der Waals surface area contributed by atoms with Gasteiger partial charge >= 0.3 is 5.97 Å². The van der Waals surface area contributed by atoms with Crippen molar-refractivity contribution in [2.45, 2.75) is 43.0 Å². The first-order valence-corrected chi connectivity index (χ1v) is 8.36. The number of nitrogens with one attached hydrogen (secondary N) is 1. The maximum Gasteiger partial charge on any atom is 0.341 e. The third kappa shape index (κ3) is 3.74. The minimum atomic E-state index is -3.71. The molecule has 0 radical (unpaired) electrons. The van der Waals surface area contributed by atoms with Crippen molar-refractivity contribution in [1.29, 1.82) is 0 Å². The third-order valence-corrected chi connectivity index (χ3v) is 5.13. The van der Waals surface area contributed by atoms with Gasteiger partial charge in [-0.3, -0.25) is 0 Å². The van der Waals surface area contributed by atoms with Gasteiger partial charge in [-0.2, -0.15) is 0 Å². The molecule has 0 heterocycles. The summed E-state index contributed by atoms with van der Waals surface area (Å²) in [5.41, 5.74) is -0.163. The Morgan fingerprint density at radius 2 is 1.95 bits per heavy atom. The number of hydrogen-bond donors (Lipinski definition) is 2. The molecule has 2 N–H and O–H groups in total. The van der Waals surface area contributed by atoms with E-state index in [1.165, 1.54) is 19.2 Å². The molecule has 2 rings (SSSR count). The molecule has 0 atom stereocenters. The summed E-state index contributed by atoms with van der Waals surface area (Å²) in [5, 5.41) is 9.61. The summed E-state index contributed by atoms with van der Waals surface area (Å²) in [5.74, 6) is -1.08. The van der Waals surface area contributed by atoms with E-state index in [9.17, 15) is 18.3 Å². The van der Waals surface area contributed by atoms with E-state index in [0.717, 1.165) is 38.2 Å². The number of benzene rings is 1. The highest BCUT2D eigenvalue weighted by molar-refractivity contribution is 7.89. The van der Waals surface area contributed by atoms with Crippen LogP contribution in [0.15, 0.2) is 23.1 Å². The predicted octanol–water partition coefficient (Wildman–Crippen LogP) is 1.79. The van der Waals surface area contributed by atoms with Gasteiger partial charge in [-0.05, 0) is 31.0 Å². The van der Waals surface area contributed by atoms with Crippen LogP contribution in [0.1, 0.15) is 42.5 Å². The molecule has 0 aromatic heterocycles. The van der Waals surface area contributed by atoms with Gasteiger partial charge in [-0.1, -0.05) is 19.3 Å². The van der Waals surface area contributed by atoms with E-state index in [1.54, 1.807) is 0 Å². The smallest absolute Gasteiger partial charge is 0.341 e. The summed E-state index contributed by atoms with van der Waals surface area (Å²) >= 11 is 0. The first-order valence-electron chi connectivity index (χ1n) is 6.87. The molecule has 1 fully saturated rings. The van der Waals surface area contributed by atoms with Crippen LogP contribution in [0.5, 0.6) is 5.75 Å². The maximum atomic E-state index is 12.3. The lowest BCUT2D eigenvalue weighted by Crippen LogP contribution is -2.36. The van der Waals surface area contributed by atoms with Gasteiger partial charge in [0.1, 0.15) is 11.3 Å². The second-order valence-electron chi connectivity index (χ2n) is 5.13. The minimum absolute atomic E-state index is 0.0497. The number of methoxy groups -OCH3 is 1. The van der Waals surface area contributed by atoms with E-state index in [4.69, 9.17) is 0 Å². The van der Waals surface area contributed by atoms with Crippen LogP contribution >= 0.6 is 0 Å². The van der Waals surface area contributed by atoms with Crippen LogP contribution in [-0.2, 0) is 14.8 Å². The monoisotopic (exact) mass is 313 g/mol. The molecule has 7 heteroatoms. The van der Waals surface area contributed by atoms with Gasteiger partial charge in [0, 0.05) is 6.04 Å². The molecule has 0 aliphatic heterocycles. The number of sulfonamides is 1. The predicted molar refractivity (Wildman–Crippen MR) is 76.6 cm³/mol. The lowest BCUT2D eigenvalue weighted by Gasteiger charge is -2.22. The van der Waals surface area contributed by atoms with Gasteiger partial charge in [0.2, 0.25) is 10.0 Å². The zero-order valence-corrected chi connectivity index (χ0v) is 12.6. The Kier molecular flexibility index (Phi) is 4.84. The number of aromatic hydroxyl groups is 1. The molecule has 0 amide bonds. The molecule has 1 aliphatic carbocycles. The summed E-state index contributed by atoms with van der Waals surface area (Å²) in [6.45, 7) is 0. The van der Waals surface area contributed by atoms with E-state index in [0.29, 0.717) is 0 Å². The highest BCUT2D eigenvalue weighted by Crippen LogP contribution is 2.24. The van der Waals surface area contributed by atoms with Gasteiger partial charge in [-0.25, -0.2) is 17.9 Å². The van der Waals surface area contributed by atoms with Crippen molar-refractivity contribution in [2.24, 2.45) is 0 Å². The van der Waals surface area contributed by atoms with E-state index in [-0.39, 0.29) is 22.3 Å². The van der Waals surface area contributed by atoms with Crippen molar-refractivity contribution in [3.63, 3.8) is 0 Å². The van der Waals surface area contributed by atoms with E-state index in [2.05, 4.69) is 9.46 Å². The molecule has 21 heavy (non-hydrogen) atoms. The molecule has 6 nitrogen and oxygen atoms in total. The number of phenolic OH excluding ortho intramolecular Hbond substituents is 1. The Balaban J connectivity index is 2.25. The molecule has 1 saturated carbocycles. The van der Waals surface area contributed by atoms with Crippen molar-refractivity contribution in [2.75, 3.05) is 7.11 Å². The van der Waals surface area contributed by atoms with Crippen LogP contribution in [0.25, 0.3) is 0 Å². The number of phenols is 1. The zero-order chi connectivity index (χ0) is 15.5. The number of carbonyl (C=O) groups is 1. The summed E-state index contributed by atoms with van der Waals surface area (Å²) in [6, 6.07) is 3.51. The summed E-state index contributed by atoms with van der Waals surface area (Å²) in [7, 11) is -2.54. The zero-order valence-electron chi connectivity index (χ0n) is 11.8. The van der Waals surface area contributed by atoms with E-state index in [1.807, 2.05) is 0 Å². The molecule has 0 saturated heterocycles. The van der Waals surface area contributed by atoms with Crippen LogP contribution in [0, 0.1) is 0 Å². The average molecular weight is 313 g/mol. The standard InChI is InChI=1S/C14H19NO5S/c1-20-14(17)12-9-11(7-8-13(12)16)21(18,19)15-10-5-3-2-4-6-10/h7-10,15-16H,2-6H2,1H3. The van der Waals surface area contributed by atoms with E-state index < -0.39 is 16.0 Å². The first kappa shape index (κ1) is 15.8. The van der Waals surface area contributed by atoms with Gasteiger partial charge in [0.15, 0.2) is 0 Å². The maximum absolute atomic E-state index is 12.3. The fourth-order valence-corrected chi connectivity index (χ4v) is 3.79. The molecule has 116 valence electrons. The largest absolute Gasteiger partial charge is 0.507 e. The Morgan fingerprint density at radius 3 is 2.57 bits per heavy atom. The van der Waals surface area contributed by atoms with Crippen LogP contribution in [0.3, 0.4) is 0 Å². The molecule has 1 aromatic rings. The Hall–Kier alpha value is -1.60. The number of hydrogen-bond acceptors (Lipinski definition) is 5. The summed E-state index contributed by atoms with van der Waals surface area (Å²) in [6.07, 6.45) is 4.79. The van der Waals surface area contributed by atoms with Crippen LogP contribution in [0.2, 0.25) is 0 Å². The number of ether oxygens (including phenoxy) is 1. The van der Waals surface area contributed by atoms with Gasteiger partial charge < -0.3 is 9.84 Å². The second-order valence-corrected chi connectivity index (χ2v) is 6.84.